The number of aromatic nitrogens is 1. The minimum Gasteiger partial charge on any atom is -0.484 e. The molecular formula is C11H7ClF3NO2S. The molecule has 0 N–H and O–H groups in total. The molecule has 0 aliphatic heterocycles. The van der Waals surface area contributed by atoms with E-state index in [2.05, 4.69) is 9.72 Å². The van der Waals surface area contributed by atoms with Crippen LogP contribution in [0.1, 0.15) is 4.88 Å². The Bertz CT molecular complexity index is 559. The van der Waals surface area contributed by atoms with Crippen LogP contribution in [0, 0.1) is 0 Å². The zero-order chi connectivity index (χ0) is 13.9. The van der Waals surface area contributed by atoms with Gasteiger partial charge < -0.3 is 9.47 Å². The summed E-state index contributed by atoms with van der Waals surface area (Å²) in [7, 11) is 0. The summed E-state index contributed by atoms with van der Waals surface area (Å²) in [4.78, 5) is 4.50. The van der Waals surface area contributed by atoms with E-state index in [0.717, 1.165) is 0 Å². The zero-order valence-corrected chi connectivity index (χ0v) is 10.9. The molecule has 0 radical (unpaired) electrons. The van der Waals surface area contributed by atoms with E-state index in [4.69, 9.17) is 16.3 Å². The molecule has 0 aliphatic carbocycles. The molecule has 2 aromatic rings. The lowest BCUT2D eigenvalue weighted by atomic mass is 10.3. The molecule has 19 heavy (non-hydrogen) atoms. The fourth-order valence-corrected chi connectivity index (χ4v) is 2.17. The molecule has 1 aromatic heterocycles. The third-order valence-corrected chi connectivity index (χ3v) is 3.06. The molecule has 1 aromatic carbocycles. The van der Waals surface area contributed by atoms with Crippen LogP contribution in [0.5, 0.6) is 11.5 Å². The molecule has 102 valence electrons. The van der Waals surface area contributed by atoms with Crippen molar-refractivity contribution in [3.63, 3.8) is 0 Å². The maximum Gasteiger partial charge on any atom is 0.573 e. The van der Waals surface area contributed by atoms with Crippen LogP contribution < -0.4 is 9.47 Å². The van der Waals surface area contributed by atoms with Gasteiger partial charge in [-0.1, -0.05) is 23.7 Å². The number of nitrogens with zero attached hydrogens (tertiary/aromatic N) is 1. The lowest BCUT2D eigenvalue weighted by molar-refractivity contribution is -0.275. The van der Waals surface area contributed by atoms with Crippen LogP contribution in [-0.2, 0) is 6.61 Å². The molecule has 0 saturated carbocycles. The van der Waals surface area contributed by atoms with Crippen LogP contribution in [0.15, 0.2) is 30.5 Å². The molecule has 1 heterocycles. The number of thiazole rings is 1. The molecule has 0 unspecified atom stereocenters. The van der Waals surface area contributed by atoms with E-state index in [1.807, 2.05) is 0 Å². The average molecular weight is 310 g/mol. The first kappa shape index (κ1) is 14.0. The van der Waals surface area contributed by atoms with Crippen molar-refractivity contribution < 1.29 is 22.6 Å². The van der Waals surface area contributed by atoms with Gasteiger partial charge in [0.2, 0.25) is 0 Å². The van der Waals surface area contributed by atoms with Gasteiger partial charge in [-0.3, -0.25) is 0 Å². The van der Waals surface area contributed by atoms with Gasteiger partial charge in [-0.15, -0.1) is 24.5 Å². The molecule has 0 bridgehead atoms. The fraction of sp³-hybridized carbons (Fsp3) is 0.182. The summed E-state index contributed by atoms with van der Waals surface area (Å²) in [5.41, 5.74) is 0. The third-order valence-electron chi connectivity index (χ3n) is 1.97. The van der Waals surface area contributed by atoms with E-state index in [1.165, 1.54) is 35.7 Å². The van der Waals surface area contributed by atoms with Gasteiger partial charge in [-0.05, 0) is 12.1 Å². The molecule has 8 heteroatoms. The molecule has 0 atom stereocenters. The average Bonchev–Trinajstić information content (AvgIpc) is 2.72. The molecule has 0 spiro atoms. The number of halogens is 4. The normalized spacial score (nSPS) is 11.4. The van der Waals surface area contributed by atoms with Crippen molar-refractivity contribution in [2.75, 3.05) is 0 Å². The fourth-order valence-electron chi connectivity index (χ4n) is 1.28. The Morgan fingerprint density at radius 1 is 1.21 bits per heavy atom. The van der Waals surface area contributed by atoms with E-state index in [0.29, 0.717) is 9.34 Å². The van der Waals surface area contributed by atoms with E-state index >= 15 is 0 Å². The van der Waals surface area contributed by atoms with Crippen LogP contribution >= 0.6 is 22.9 Å². The number of rotatable bonds is 4. The summed E-state index contributed by atoms with van der Waals surface area (Å²) in [5, 5.41) is 0. The van der Waals surface area contributed by atoms with Crippen molar-refractivity contribution in [2.45, 2.75) is 13.0 Å². The van der Waals surface area contributed by atoms with E-state index in [1.54, 1.807) is 6.07 Å². The molecule has 3 nitrogen and oxygen atoms in total. The minimum atomic E-state index is -4.76. The monoisotopic (exact) mass is 309 g/mol. The molecule has 0 aliphatic rings. The van der Waals surface area contributed by atoms with Crippen molar-refractivity contribution >= 4 is 22.9 Å². The van der Waals surface area contributed by atoms with Gasteiger partial charge in [-0.25, -0.2) is 4.98 Å². The SMILES string of the molecule is FC(F)(F)Oc1ccccc1OCc1cnc(Cl)s1. The molecule has 0 amide bonds. The minimum absolute atomic E-state index is 0.00403. The standard InChI is InChI=1S/C11H7ClF3NO2S/c12-10-16-5-7(19-10)6-17-8-3-1-2-4-9(8)18-11(13,14)15/h1-5H,6H2. The number of alkyl halides is 3. The molecule has 2 rings (SSSR count). The van der Waals surface area contributed by atoms with Crippen LogP contribution in [0.2, 0.25) is 4.47 Å². The van der Waals surface area contributed by atoms with Crippen LogP contribution in [0.25, 0.3) is 0 Å². The van der Waals surface area contributed by atoms with Crippen molar-refractivity contribution in [3.8, 4) is 11.5 Å². The maximum absolute atomic E-state index is 12.2. The second-order valence-electron chi connectivity index (χ2n) is 3.36. The second-order valence-corrected chi connectivity index (χ2v) is 5.06. The summed E-state index contributed by atoms with van der Waals surface area (Å²) in [6.45, 7) is 0.0720. The Kier molecular flexibility index (Phi) is 4.16. The van der Waals surface area contributed by atoms with Crippen molar-refractivity contribution in [1.29, 1.82) is 0 Å². The first-order valence-corrected chi connectivity index (χ1v) is 6.21. The summed E-state index contributed by atoms with van der Waals surface area (Å²) < 4.78 is 46.0. The van der Waals surface area contributed by atoms with Crippen LogP contribution in [0.3, 0.4) is 0 Å². The number of benzene rings is 1. The number of hydrogen-bond acceptors (Lipinski definition) is 4. The van der Waals surface area contributed by atoms with Crippen molar-refractivity contribution in [1.82, 2.24) is 4.98 Å². The number of ether oxygens (including phenoxy) is 2. The predicted octanol–water partition coefficient (Wildman–Crippen LogP) is 4.27. The zero-order valence-electron chi connectivity index (χ0n) is 9.28. The predicted molar refractivity (Wildman–Crippen MR) is 64.6 cm³/mol. The highest BCUT2D eigenvalue weighted by molar-refractivity contribution is 7.15. The maximum atomic E-state index is 12.2. The third kappa shape index (κ3) is 4.29. The summed E-state index contributed by atoms with van der Waals surface area (Å²) in [6, 6.07) is 5.56. The van der Waals surface area contributed by atoms with Gasteiger partial charge in [0, 0.05) is 6.20 Å². The lowest BCUT2D eigenvalue weighted by Gasteiger charge is -2.13. The first-order valence-electron chi connectivity index (χ1n) is 5.02. The van der Waals surface area contributed by atoms with E-state index in [-0.39, 0.29) is 18.1 Å². The Labute approximate surface area is 115 Å². The second kappa shape index (κ2) is 5.66. The van der Waals surface area contributed by atoms with Crippen LogP contribution in [-0.4, -0.2) is 11.3 Å². The van der Waals surface area contributed by atoms with Gasteiger partial charge in [0.15, 0.2) is 16.0 Å². The number of para-hydroxylation sites is 2. The summed E-state index contributed by atoms with van der Waals surface area (Å²) >= 11 is 6.83. The quantitative estimate of drug-likeness (QED) is 0.845. The van der Waals surface area contributed by atoms with E-state index < -0.39 is 6.36 Å². The Balaban J connectivity index is 2.07. The van der Waals surface area contributed by atoms with E-state index in [9.17, 15) is 13.2 Å². The summed E-state index contributed by atoms with van der Waals surface area (Å²) in [5.74, 6) is -0.380. The van der Waals surface area contributed by atoms with Gasteiger partial charge in [0.05, 0.1) is 4.88 Å². The highest BCUT2D eigenvalue weighted by Gasteiger charge is 2.32. The largest absolute Gasteiger partial charge is 0.573 e. The van der Waals surface area contributed by atoms with Crippen molar-refractivity contribution in [2.24, 2.45) is 0 Å². The van der Waals surface area contributed by atoms with Gasteiger partial charge >= 0.3 is 6.36 Å². The smallest absolute Gasteiger partial charge is 0.484 e. The Morgan fingerprint density at radius 3 is 2.47 bits per heavy atom. The molecule has 0 fully saturated rings. The Hall–Kier alpha value is -1.47. The highest BCUT2D eigenvalue weighted by Crippen LogP contribution is 2.32. The van der Waals surface area contributed by atoms with Gasteiger partial charge in [0.1, 0.15) is 6.61 Å². The summed E-state index contributed by atoms with van der Waals surface area (Å²) in [6.07, 6.45) is -3.26. The van der Waals surface area contributed by atoms with Crippen molar-refractivity contribution in [3.05, 3.63) is 39.8 Å². The molecule has 0 saturated heterocycles. The van der Waals surface area contributed by atoms with Crippen LogP contribution in [0.4, 0.5) is 13.2 Å². The van der Waals surface area contributed by atoms with Gasteiger partial charge in [0.25, 0.3) is 0 Å². The topological polar surface area (TPSA) is 31.4 Å². The highest BCUT2D eigenvalue weighted by atomic mass is 35.5. The Morgan fingerprint density at radius 2 is 1.89 bits per heavy atom. The first-order chi connectivity index (χ1) is 8.94. The number of hydrogen-bond donors (Lipinski definition) is 0. The van der Waals surface area contributed by atoms with Gasteiger partial charge in [-0.2, -0.15) is 0 Å². The molecular weight excluding hydrogens is 303 g/mol. The lowest BCUT2D eigenvalue weighted by Crippen LogP contribution is -2.17.